The van der Waals surface area contributed by atoms with Gasteiger partial charge in [0.15, 0.2) is 0 Å². The van der Waals surface area contributed by atoms with Crippen molar-refractivity contribution in [2.45, 2.75) is 25.3 Å². The molecule has 0 unspecified atom stereocenters. The van der Waals surface area contributed by atoms with Gasteiger partial charge in [-0.3, -0.25) is 0 Å². The predicted octanol–water partition coefficient (Wildman–Crippen LogP) is 2.42. The lowest BCUT2D eigenvalue weighted by molar-refractivity contribution is 0.539. The van der Waals surface area contributed by atoms with Crippen LogP contribution in [0.5, 0.6) is 0 Å². The molecule has 2 rings (SSSR count). The molecule has 86 valence electrons. The average molecular weight is 234 g/mol. The quantitative estimate of drug-likeness (QED) is 0.730. The molecule has 0 bridgehead atoms. The Morgan fingerprint density at radius 2 is 1.81 bits per heavy atom. The second kappa shape index (κ2) is 5.97. The molecule has 2 nitrogen and oxygen atoms in total. The van der Waals surface area contributed by atoms with Gasteiger partial charge >= 0.3 is 0 Å². The van der Waals surface area contributed by atoms with E-state index in [0.717, 1.165) is 24.5 Å². The van der Waals surface area contributed by atoms with Crippen molar-refractivity contribution in [3.8, 4) is 0 Å². The summed E-state index contributed by atoms with van der Waals surface area (Å²) in [6.45, 7) is 2.09. The Kier molecular flexibility index (Phi) is 4.31. The topological polar surface area (TPSA) is 24.1 Å². The predicted molar refractivity (Wildman–Crippen MR) is 71.6 cm³/mol. The van der Waals surface area contributed by atoms with Gasteiger partial charge in [0.25, 0.3) is 0 Å². The van der Waals surface area contributed by atoms with Gasteiger partial charge in [-0.25, -0.2) is 0 Å². The van der Waals surface area contributed by atoms with Crippen molar-refractivity contribution in [3.63, 3.8) is 0 Å². The van der Waals surface area contributed by atoms with Crippen LogP contribution in [0.15, 0.2) is 30.3 Å². The molecule has 1 aromatic rings. The molecule has 1 aliphatic rings. The van der Waals surface area contributed by atoms with Crippen molar-refractivity contribution in [1.82, 2.24) is 10.6 Å². The first-order valence-corrected chi connectivity index (χ1v) is 6.32. The summed E-state index contributed by atoms with van der Waals surface area (Å²) in [6, 6.07) is 10.9. The summed E-state index contributed by atoms with van der Waals surface area (Å²) in [5.41, 5.74) is 1.33. The van der Waals surface area contributed by atoms with E-state index in [0.29, 0.717) is 6.04 Å². The maximum atomic E-state index is 5.34. The van der Waals surface area contributed by atoms with E-state index in [4.69, 9.17) is 12.2 Å². The fraction of sp³-hybridized carbons (Fsp3) is 0.462. The minimum absolute atomic E-state index is 0.360. The van der Waals surface area contributed by atoms with Crippen molar-refractivity contribution in [3.05, 3.63) is 35.9 Å². The van der Waals surface area contributed by atoms with Crippen LogP contribution in [0.2, 0.25) is 0 Å². The Balaban J connectivity index is 2.08. The Morgan fingerprint density at radius 1 is 1.06 bits per heavy atom. The molecule has 0 radical (unpaired) electrons. The molecule has 2 N–H and O–H groups in total. The summed E-state index contributed by atoms with van der Waals surface area (Å²) in [6.07, 6.45) is 3.30. The first-order chi connectivity index (χ1) is 7.86. The van der Waals surface area contributed by atoms with Gasteiger partial charge < -0.3 is 10.6 Å². The third-order valence-electron chi connectivity index (χ3n) is 2.91. The molecule has 0 spiro atoms. The van der Waals surface area contributed by atoms with E-state index >= 15 is 0 Å². The monoisotopic (exact) mass is 234 g/mol. The Bertz CT molecular complexity index is 337. The van der Waals surface area contributed by atoms with E-state index < -0.39 is 0 Å². The van der Waals surface area contributed by atoms with E-state index in [-0.39, 0.29) is 0 Å². The van der Waals surface area contributed by atoms with Crippen LogP contribution >= 0.6 is 12.2 Å². The SMILES string of the molecule is S=C1C[C@H](c2ccccc2)NCCCCN1. The lowest BCUT2D eigenvalue weighted by Crippen LogP contribution is -2.27. The van der Waals surface area contributed by atoms with Crippen molar-refractivity contribution >= 4 is 17.2 Å². The van der Waals surface area contributed by atoms with Crippen LogP contribution in [-0.4, -0.2) is 18.1 Å². The fourth-order valence-corrected chi connectivity index (χ4v) is 2.27. The van der Waals surface area contributed by atoms with Crippen LogP contribution in [0.4, 0.5) is 0 Å². The smallest absolute Gasteiger partial charge is 0.0772 e. The van der Waals surface area contributed by atoms with E-state index in [1.165, 1.54) is 18.4 Å². The van der Waals surface area contributed by atoms with E-state index in [9.17, 15) is 0 Å². The molecular formula is C13H18N2S. The highest BCUT2D eigenvalue weighted by molar-refractivity contribution is 7.80. The Labute approximate surface area is 102 Å². The maximum absolute atomic E-state index is 5.34. The molecule has 0 aromatic heterocycles. The van der Waals surface area contributed by atoms with Gasteiger partial charge in [0.2, 0.25) is 0 Å². The Hall–Kier alpha value is -0.930. The second-order valence-corrected chi connectivity index (χ2v) is 4.67. The summed E-state index contributed by atoms with van der Waals surface area (Å²) < 4.78 is 0. The summed E-state index contributed by atoms with van der Waals surface area (Å²) in [5.74, 6) is 0. The number of hydrogen-bond acceptors (Lipinski definition) is 2. The average Bonchev–Trinajstić information content (AvgIpc) is 2.42. The van der Waals surface area contributed by atoms with Crippen LogP contribution in [0.1, 0.15) is 30.9 Å². The van der Waals surface area contributed by atoms with Gasteiger partial charge in [-0.15, -0.1) is 0 Å². The van der Waals surface area contributed by atoms with Gasteiger partial charge in [-0.1, -0.05) is 42.5 Å². The molecule has 1 heterocycles. The van der Waals surface area contributed by atoms with Gasteiger partial charge in [0.05, 0.1) is 4.99 Å². The molecule has 0 amide bonds. The van der Waals surface area contributed by atoms with Crippen molar-refractivity contribution in [1.29, 1.82) is 0 Å². The largest absolute Gasteiger partial charge is 0.380 e. The van der Waals surface area contributed by atoms with Gasteiger partial charge in [0.1, 0.15) is 0 Å². The summed E-state index contributed by atoms with van der Waals surface area (Å²) >= 11 is 5.34. The van der Waals surface area contributed by atoms with Crippen LogP contribution in [0, 0.1) is 0 Å². The molecule has 1 aromatic carbocycles. The molecule has 1 fully saturated rings. The normalized spacial score (nSPS) is 22.8. The standard InChI is InChI=1S/C13H18N2S/c16-13-10-12(11-6-2-1-3-7-11)14-8-4-5-9-15-13/h1-3,6-7,12,14H,4-5,8-10H2,(H,15,16)/t12-/m1/s1. The molecular weight excluding hydrogens is 216 g/mol. The van der Waals surface area contributed by atoms with Crippen molar-refractivity contribution in [2.24, 2.45) is 0 Å². The first-order valence-electron chi connectivity index (χ1n) is 5.91. The lowest BCUT2D eigenvalue weighted by Gasteiger charge is -2.18. The number of rotatable bonds is 1. The highest BCUT2D eigenvalue weighted by atomic mass is 32.1. The molecule has 0 saturated carbocycles. The minimum atomic E-state index is 0.360. The third kappa shape index (κ3) is 3.29. The molecule has 1 saturated heterocycles. The van der Waals surface area contributed by atoms with Gasteiger partial charge in [-0.2, -0.15) is 0 Å². The van der Waals surface area contributed by atoms with E-state index in [1.807, 2.05) is 0 Å². The van der Waals surface area contributed by atoms with E-state index in [2.05, 4.69) is 41.0 Å². The van der Waals surface area contributed by atoms with Gasteiger partial charge in [-0.05, 0) is 24.9 Å². The molecule has 16 heavy (non-hydrogen) atoms. The maximum Gasteiger partial charge on any atom is 0.0772 e. The molecule has 3 heteroatoms. The Morgan fingerprint density at radius 3 is 2.62 bits per heavy atom. The highest BCUT2D eigenvalue weighted by Gasteiger charge is 2.13. The van der Waals surface area contributed by atoms with Crippen LogP contribution in [0.3, 0.4) is 0 Å². The van der Waals surface area contributed by atoms with Gasteiger partial charge in [0, 0.05) is 19.0 Å². The summed E-state index contributed by atoms with van der Waals surface area (Å²) in [7, 11) is 0. The van der Waals surface area contributed by atoms with Crippen molar-refractivity contribution < 1.29 is 0 Å². The zero-order valence-corrected chi connectivity index (χ0v) is 10.2. The minimum Gasteiger partial charge on any atom is -0.380 e. The zero-order chi connectivity index (χ0) is 11.2. The number of hydrogen-bond donors (Lipinski definition) is 2. The molecule has 1 aliphatic heterocycles. The number of benzene rings is 1. The first kappa shape index (κ1) is 11.6. The highest BCUT2D eigenvalue weighted by Crippen LogP contribution is 2.17. The fourth-order valence-electron chi connectivity index (χ4n) is 2.00. The summed E-state index contributed by atoms with van der Waals surface area (Å²) in [5, 5.41) is 6.90. The van der Waals surface area contributed by atoms with E-state index in [1.54, 1.807) is 0 Å². The van der Waals surface area contributed by atoms with Crippen molar-refractivity contribution in [2.75, 3.05) is 13.1 Å². The number of thiocarbonyl (C=S) groups is 1. The number of nitrogens with one attached hydrogen (secondary N) is 2. The summed E-state index contributed by atoms with van der Waals surface area (Å²) in [4.78, 5) is 0.975. The molecule has 1 atom stereocenters. The van der Waals surface area contributed by atoms with Crippen LogP contribution < -0.4 is 10.6 Å². The second-order valence-electron chi connectivity index (χ2n) is 4.18. The molecule has 0 aliphatic carbocycles. The zero-order valence-electron chi connectivity index (χ0n) is 9.41. The third-order valence-corrected chi connectivity index (χ3v) is 3.22. The van der Waals surface area contributed by atoms with Crippen LogP contribution in [0.25, 0.3) is 0 Å². The van der Waals surface area contributed by atoms with Crippen LogP contribution in [-0.2, 0) is 0 Å². The lowest BCUT2D eigenvalue weighted by atomic mass is 10.0.